The molecule has 0 aliphatic rings. The summed E-state index contributed by atoms with van der Waals surface area (Å²) >= 11 is 0. The van der Waals surface area contributed by atoms with Gasteiger partial charge in [-0.05, 0) is 6.07 Å². The standard InChI is InChI=1S/C8H8N8/c9-6-4-1-2-10-7(4)14-8(13-6)12-5-3-11-16-15-5/h1-3H,(H5,9,10,11,12,13,14,15,16). The molecule has 8 heteroatoms. The van der Waals surface area contributed by atoms with Crippen molar-refractivity contribution >= 4 is 28.6 Å². The summed E-state index contributed by atoms with van der Waals surface area (Å²) in [7, 11) is 0. The summed E-state index contributed by atoms with van der Waals surface area (Å²) in [5.74, 6) is 1.32. The lowest BCUT2D eigenvalue weighted by Gasteiger charge is -2.02. The summed E-state index contributed by atoms with van der Waals surface area (Å²) in [4.78, 5) is 11.3. The average molecular weight is 216 g/mol. The summed E-state index contributed by atoms with van der Waals surface area (Å²) < 4.78 is 0. The lowest BCUT2D eigenvalue weighted by Crippen LogP contribution is -2.01. The van der Waals surface area contributed by atoms with Gasteiger partial charge in [0.15, 0.2) is 5.82 Å². The minimum absolute atomic E-state index is 0.376. The Labute approximate surface area is 89.3 Å². The second-order valence-electron chi connectivity index (χ2n) is 3.16. The first-order chi connectivity index (χ1) is 7.83. The van der Waals surface area contributed by atoms with Crippen LogP contribution < -0.4 is 11.1 Å². The maximum Gasteiger partial charge on any atom is 0.232 e. The van der Waals surface area contributed by atoms with Crippen molar-refractivity contribution in [3.63, 3.8) is 0 Å². The van der Waals surface area contributed by atoms with Gasteiger partial charge in [0.2, 0.25) is 5.95 Å². The van der Waals surface area contributed by atoms with Crippen LogP contribution in [-0.4, -0.2) is 30.4 Å². The number of H-pyrrole nitrogens is 2. The zero-order chi connectivity index (χ0) is 11.0. The Balaban J connectivity index is 2.04. The van der Waals surface area contributed by atoms with Crippen molar-refractivity contribution in [3.8, 4) is 0 Å². The molecule has 0 unspecified atom stereocenters. The number of nitrogens with two attached hydrogens (primary N) is 1. The van der Waals surface area contributed by atoms with E-state index in [1.807, 2.05) is 6.07 Å². The molecule has 0 amide bonds. The normalized spacial score (nSPS) is 10.8. The smallest absolute Gasteiger partial charge is 0.232 e. The predicted octanol–water partition coefficient (Wildman–Crippen LogP) is 0.402. The topological polar surface area (TPSA) is 121 Å². The van der Waals surface area contributed by atoms with Crippen molar-refractivity contribution in [1.29, 1.82) is 0 Å². The van der Waals surface area contributed by atoms with Crippen LogP contribution in [0.25, 0.3) is 11.0 Å². The van der Waals surface area contributed by atoms with Crippen LogP contribution in [0.2, 0.25) is 0 Å². The summed E-state index contributed by atoms with van der Waals surface area (Å²) in [5.41, 5.74) is 6.45. The van der Waals surface area contributed by atoms with Gasteiger partial charge in [-0.2, -0.15) is 9.97 Å². The van der Waals surface area contributed by atoms with E-state index in [0.29, 0.717) is 23.2 Å². The van der Waals surface area contributed by atoms with Crippen LogP contribution in [0.4, 0.5) is 17.6 Å². The minimum atomic E-state index is 0.376. The zero-order valence-electron chi connectivity index (χ0n) is 8.10. The van der Waals surface area contributed by atoms with E-state index in [0.717, 1.165) is 5.39 Å². The molecule has 0 aliphatic carbocycles. The number of fused-ring (bicyclic) bond motifs is 1. The Hall–Kier alpha value is -2.64. The van der Waals surface area contributed by atoms with Crippen LogP contribution in [0.5, 0.6) is 0 Å². The number of rotatable bonds is 2. The van der Waals surface area contributed by atoms with Gasteiger partial charge in [-0.25, -0.2) is 0 Å². The highest BCUT2D eigenvalue weighted by Gasteiger charge is 2.06. The predicted molar refractivity (Wildman–Crippen MR) is 58.0 cm³/mol. The number of aromatic amines is 2. The molecule has 16 heavy (non-hydrogen) atoms. The number of anilines is 3. The second kappa shape index (κ2) is 3.19. The first-order valence-corrected chi connectivity index (χ1v) is 4.57. The van der Waals surface area contributed by atoms with E-state index in [1.54, 1.807) is 12.4 Å². The van der Waals surface area contributed by atoms with Crippen molar-refractivity contribution in [3.05, 3.63) is 18.5 Å². The van der Waals surface area contributed by atoms with E-state index < -0.39 is 0 Å². The molecule has 0 bridgehead atoms. The molecule has 0 fully saturated rings. The van der Waals surface area contributed by atoms with Gasteiger partial charge in [0.05, 0.1) is 11.6 Å². The van der Waals surface area contributed by atoms with Gasteiger partial charge >= 0.3 is 0 Å². The molecule has 3 rings (SSSR count). The van der Waals surface area contributed by atoms with E-state index in [2.05, 4.69) is 35.7 Å². The first kappa shape index (κ1) is 8.65. The SMILES string of the molecule is Nc1nc(Nc2c[nH]nn2)nc2[nH]ccc12. The van der Waals surface area contributed by atoms with Crippen LogP contribution in [0, 0.1) is 0 Å². The fraction of sp³-hybridized carbons (Fsp3) is 0. The van der Waals surface area contributed by atoms with Gasteiger partial charge < -0.3 is 16.0 Å². The highest BCUT2D eigenvalue weighted by atomic mass is 15.4. The molecule has 5 N–H and O–H groups in total. The van der Waals surface area contributed by atoms with Gasteiger partial charge in [-0.3, -0.25) is 5.10 Å². The van der Waals surface area contributed by atoms with Gasteiger partial charge in [-0.1, -0.05) is 5.21 Å². The molecular formula is C8H8N8. The maximum atomic E-state index is 5.78. The number of hydrogen-bond acceptors (Lipinski definition) is 6. The second-order valence-corrected chi connectivity index (χ2v) is 3.16. The fourth-order valence-electron chi connectivity index (χ4n) is 1.40. The fourth-order valence-corrected chi connectivity index (χ4v) is 1.40. The Morgan fingerprint density at radius 1 is 1.31 bits per heavy atom. The van der Waals surface area contributed by atoms with Crippen molar-refractivity contribution in [2.24, 2.45) is 0 Å². The molecule has 80 valence electrons. The van der Waals surface area contributed by atoms with Crippen molar-refractivity contribution in [2.75, 3.05) is 11.1 Å². The largest absolute Gasteiger partial charge is 0.383 e. The Morgan fingerprint density at radius 3 is 3.06 bits per heavy atom. The van der Waals surface area contributed by atoms with Crippen LogP contribution >= 0.6 is 0 Å². The number of nitrogens with zero attached hydrogens (tertiary/aromatic N) is 4. The molecule has 0 atom stereocenters. The maximum absolute atomic E-state index is 5.78. The molecule has 0 aliphatic heterocycles. The van der Waals surface area contributed by atoms with Crippen LogP contribution in [0.3, 0.4) is 0 Å². The van der Waals surface area contributed by atoms with Crippen molar-refractivity contribution in [2.45, 2.75) is 0 Å². The summed E-state index contributed by atoms with van der Waals surface area (Å²) in [6.07, 6.45) is 3.36. The summed E-state index contributed by atoms with van der Waals surface area (Å²) in [5, 5.41) is 13.6. The van der Waals surface area contributed by atoms with E-state index in [1.165, 1.54) is 0 Å². The van der Waals surface area contributed by atoms with Crippen LogP contribution in [0.15, 0.2) is 18.5 Å². The Bertz CT molecular complexity index is 610. The molecule has 0 spiro atoms. The van der Waals surface area contributed by atoms with Gasteiger partial charge in [0.1, 0.15) is 11.5 Å². The molecule has 3 aromatic rings. The van der Waals surface area contributed by atoms with Gasteiger partial charge in [0, 0.05) is 6.20 Å². The monoisotopic (exact) mass is 216 g/mol. The Morgan fingerprint density at radius 2 is 2.25 bits per heavy atom. The van der Waals surface area contributed by atoms with Crippen LogP contribution in [0.1, 0.15) is 0 Å². The molecule has 0 saturated heterocycles. The number of nitrogen functional groups attached to an aromatic ring is 1. The number of nitrogens with one attached hydrogen (secondary N) is 3. The zero-order valence-corrected chi connectivity index (χ0v) is 8.10. The minimum Gasteiger partial charge on any atom is -0.383 e. The van der Waals surface area contributed by atoms with E-state index >= 15 is 0 Å². The third kappa shape index (κ3) is 1.32. The van der Waals surface area contributed by atoms with Crippen molar-refractivity contribution < 1.29 is 0 Å². The average Bonchev–Trinajstić information content (AvgIpc) is 2.87. The highest BCUT2D eigenvalue weighted by molar-refractivity contribution is 5.86. The number of hydrogen-bond donors (Lipinski definition) is 4. The van der Waals surface area contributed by atoms with E-state index in [4.69, 9.17) is 5.73 Å². The molecule has 0 radical (unpaired) electrons. The molecule has 8 nitrogen and oxygen atoms in total. The Kier molecular flexibility index (Phi) is 1.72. The molecule has 0 aromatic carbocycles. The molecular weight excluding hydrogens is 208 g/mol. The highest BCUT2D eigenvalue weighted by Crippen LogP contribution is 2.19. The molecule has 3 aromatic heterocycles. The quantitative estimate of drug-likeness (QED) is 0.492. The lowest BCUT2D eigenvalue weighted by atomic mass is 10.4. The van der Waals surface area contributed by atoms with E-state index in [-0.39, 0.29) is 0 Å². The summed E-state index contributed by atoms with van der Waals surface area (Å²) in [6.45, 7) is 0. The van der Waals surface area contributed by atoms with Gasteiger partial charge in [-0.15, -0.1) is 5.10 Å². The van der Waals surface area contributed by atoms with Gasteiger partial charge in [0.25, 0.3) is 0 Å². The molecule has 0 saturated carbocycles. The third-order valence-corrected chi connectivity index (χ3v) is 2.10. The first-order valence-electron chi connectivity index (χ1n) is 4.57. The summed E-state index contributed by atoms with van der Waals surface area (Å²) in [6, 6.07) is 1.82. The van der Waals surface area contributed by atoms with Crippen molar-refractivity contribution in [1.82, 2.24) is 30.4 Å². The number of aromatic nitrogens is 6. The lowest BCUT2D eigenvalue weighted by molar-refractivity contribution is 0.941. The third-order valence-electron chi connectivity index (χ3n) is 2.10. The van der Waals surface area contributed by atoms with Crippen LogP contribution in [-0.2, 0) is 0 Å². The molecule has 3 heterocycles. The van der Waals surface area contributed by atoms with E-state index in [9.17, 15) is 0 Å².